The molecule has 1 heterocycles. The molecular weight excluding hydrogens is 444 g/mol. The molecule has 8 nitrogen and oxygen atoms in total. The van der Waals surface area contributed by atoms with Gasteiger partial charge in [0.15, 0.2) is 0 Å². The van der Waals surface area contributed by atoms with Crippen LogP contribution in [0.15, 0.2) is 48.5 Å². The number of hydrogen-bond donors (Lipinski definition) is 3. The van der Waals surface area contributed by atoms with Crippen LogP contribution in [0.25, 0.3) is 0 Å². The Morgan fingerprint density at radius 3 is 2.37 bits per heavy atom. The van der Waals surface area contributed by atoms with Crippen molar-refractivity contribution in [3.63, 3.8) is 0 Å². The first-order chi connectivity index (χ1) is 17.0. The van der Waals surface area contributed by atoms with Gasteiger partial charge in [0.05, 0.1) is 12.6 Å². The van der Waals surface area contributed by atoms with Crippen LogP contribution in [0.4, 0.5) is 11.4 Å². The van der Waals surface area contributed by atoms with Crippen molar-refractivity contribution in [3.8, 4) is 0 Å². The van der Waals surface area contributed by atoms with Gasteiger partial charge in [-0.2, -0.15) is 0 Å². The maximum Gasteiger partial charge on any atom is 0.253 e. The van der Waals surface area contributed by atoms with E-state index in [2.05, 4.69) is 29.8 Å². The van der Waals surface area contributed by atoms with E-state index in [4.69, 9.17) is 4.74 Å². The van der Waals surface area contributed by atoms with Gasteiger partial charge >= 0.3 is 0 Å². The number of rotatable bonds is 12. The van der Waals surface area contributed by atoms with Crippen molar-refractivity contribution in [3.05, 3.63) is 59.7 Å². The monoisotopic (exact) mass is 480 g/mol. The Kier molecular flexibility index (Phi) is 10.1. The van der Waals surface area contributed by atoms with E-state index in [1.54, 1.807) is 36.4 Å². The number of hydrogen-bond acceptors (Lipinski definition) is 5. The summed E-state index contributed by atoms with van der Waals surface area (Å²) in [4.78, 5) is 39.4. The molecule has 1 aliphatic rings. The molecule has 2 aromatic carbocycles. The highest BCUT2D eigenvalue weighted by molar-refractivity contribution is 5.97. The summed E-state index contributed by atoms with van der Waals surface area (Å²) in [5.41, 5.74) is 2.44. The van der Waals surface area contributed by atoms with Crippen molar-refractivity contribution in [2.24, 2.45) is 0 Å². The molecule has 3 N–H and O–H groups in total. The van der Waals surface area contributed by atoms with Gasteiger partial charge in [0, 0.05) is 48.7 Å². The molecule has 0 aromatic heterocycles. The first-order valence-corrected chi connectivity index (χ1v) is 12.4. The fourth-order valence-electron chi connectivity index (χ4n) is 4.01. The summed E-state index contributed by atoms with van der Waals surface area (Å²) in [5, 5.41) is 8.78. The largest absolute Gasteiger partial charge is 0.376 e. The van der Waals surface area contributed by atoms with Crippen LogP contribution < -0.4 is 16.0 Å². The molecule has 1 atom stereocenters. The summed E-state index contributed by atoms with van der Waals surface area (Å²) in [6.07, 6.45) is 3.91. The zero-order valence-electron chi connectivity index (χ0n) is 20.6. The summed E-state index contributed by atoms with van der Waals surface area (Å²) >= 11 is 0. The van der Waals surface area contributed by atoms with Crippen LogP contribution in [0.5, 0.6) is 0 Å². The number of ether oxygens (including phenoxy) is 1. The fourth-order valence-corrected chi connectivity index (χ4v) is 4.01. The van der Waals surface area contributed by atoms with Crippen molar-refractivity contribution in [2.45, 2.75) is 45.6 Å². The maximum atomic E-state index is 12.8. The molecule has 0 bridgehead atoms. The van der Waals surface area contributed by atoms with Gasteiger partial charge in [0.1, 0.15) is 0 Å². The number of benzene rings is 2. The Labute approximate surface area is 207 Å². The smallest absolute Gasteiger partial charge is 0.253 e. The highest BCUT2D eigenvalue weighted by atomic mass is 16.5. The minimum atomic E-state index is -0.226. The standard InChI is InChI=1S/C27H36N4O4/c1-3-14-31(15-4-2)27(34)21-7-5-8-23(17-21)28-19-25(32)30-22-12-10-20(11-13-22)26(33)29-18-24-9-6-16-35-24/h5,7-8,10-13,17,24,28H,3-4,6,9,14-16,18-19H2,1-2H3,(H,29,33)(H,30,32). The van der Waals surface area contributed by atoms with Gasteiger partial charge < -0.3 is 25.6 Å². The first kappa shape index (κ1) is 26.2. The molecule has 35 heavy (non-hydrogen) atoms. The predicted molar refractivity (Wildman–Crippen MR) is 138 cm³/mol. The molecule has 0 aliphatic carbocycles. The second kappa shape index (κ2) is 13.5. The SMILES string of the molecule is CCCN(CCC)C(=O)c1cccc(NCC(=O)Nc2ccc(C(=O)NCC3CCCO3)cc2)c1. The third-order valence-electron chi connectivity index (χ3n) is 5.78. The van der Waals surface area contributed by atoms with Crippen molar-refractivity contribution >= 4 is 29.1 Å². The van der Waals surface area contributed by atoms with Crippen LogP contribution in [0.3, 0.4) is 0 Å². The Bertz CT molecular complexity index is 981. The number of nitrogens with one attached hydrogen (secondary N) is 3. The summed E-state index contributed by atoms with van der Waals surface area (Å²) in [6.45, 7) is 6.87. The highest BCUT2D eigenvalue weighted by Gasteiger charge is 2.17. The molecule has 1 aliphatic heterocycles. The average Bonchev–Trinajstić information content (AvgIpc) is 3.40. The van der Waals surface area contributed by atoms with Crippen molar-refractivity contribution in [1.29, 1.82) is 0 Å². The lowest BCUT2D eigenvalue weighted by atomic mass is 10.1. The molecule has 1 fully saturated rings. The van der Waals surface area contributed by atoms with Crippen LogP contribution in [-0.4, -0.2) is 61.5 Å². The minimum absolute atomic E-state index is 0.00157. The Morgan fingerprint density at radius 1 is 0.971 bits per heavy atom. The second-order valence-corrected chi connectivity index (χ2v) is 8.70. The van der Waals surface area contributed by atoms with Gasteiger partial charge in [0.25, 0.3) is 11.8 Å². The van der Waals surface area contributed by atoms with E-state index >= 15 is 0 Å². The second-order valence-electron chi connectivity index (χ2n) is 8.70. The van der Waals surface area contributed by atoms with E-state index < -0.39 is 0 Å². The lowest BCUT2D eigenvalue weighted by molar-refractivity contribution is -0.114. The van der Waals surface area contributed by atoms with E-state index in [-0.39, 0.29) is 30.4 Å². The molecule has 1 unspecified atom stereocenters. The van der Waals surface area contributed by atoms with E-state index in [0.29, 0.717) is 29.0 Å². The quantitative estimate of drug-likeness (QED) is 0.428. The average molecular weight is 481 g/mol. The van der Waals surface area contributed by atoms with Gasteiger partial charge in [-0.25, -0.2) is 0 Å². The summed E-state index contributed by atoms with van der Waals surface area (Å²) in [5.74, 6) is -0.386. The number of nitrogens with zero attached hydrogens (tertiary/aromatic N) is 1. The lowest BCUT2D eigenvalue weighted by Crippen LogP contribution is -2.32. The van der Waals surface area contributed by atoms with Gasteiger partial charge in [-0.3, -0.25) is 14.4 Å². The maximum absolute atomic E-state index is 12.8. The van der Waals surface area contributed by atoms with Crippen molar-refractivity contribution in [1.82, 2.24) is 10.2 Å². The molecule has 3 rings (SSSR count). The molecule has 2 aromatic rings. The van der Waals surface area contributed by atoms with Gasteiger partial charge in [-0.05, 0) is 68.1 Å². The van der Waals surface area contributed by atoms with Crippen LogP contribution in [0.2, 0.25) is 0 Å². The van der Waals surface area contributed by atoms with Gasteiger partial charge in [0.2, 0.25) is 5.91 Å². The first-order valence-electron chi connectivity index (χ1n) is 12.4. The summed E-state index contributed by atoms with van der Waals surface area (Å²) in [6, 6.07) is 14.0. The highest BCUT2D eigenvalue weighted by Crippen LogP contribution is 2.15. The van der Waals surface area contributed by atoms with Crippen LogP contribution >= 0.6 is 0 Å². The molecule has 8 heteroatoms. The Morgan fingerprint density at radius 2 is 1.71 bits per heavy atom. The molecule has 188 valence electrons. The number of carbonyl (C=O) groups excluding carboxylic acids is 3. The number of amides is 3. The predicted octanol–water partition coefficient (Wildman–Crippen LogP) is 3.91. The molecule has 0 spiro atoms. The Balaban J connectivity index is 1.48. The van der Waals surface area contributed by atoms with E-state index in [9.17, 15) is 14.4 Å². The summed E-state index contributed by atoms with van der Waals surface area (Å²) < 4.78 is 5.52. The number of anilines is 2. The normalized spacial score (nSPS) is 14.9. The third-order valence-corrected chi connectivity index (χ3v) is 5.78. The molecular formula is C27H36N4O4. The third kappa shape index (κ3) is 8.10. The molecule has 0 saturated carbocycles. The van der Waals surface area contributed by atoms with E-state index in [1.807, 2.05) is 17.0 Å². The molecule has 1 saturated heterocycles. The van der Waals surface area contributed by atoms with Crippen LogP contribution in [-0.2, 0) is 9.53 Å². The van der Waals surface area contributed by atoms with Gasteiger partial charge in [-0.1, -0.05) is 19.9 Å². The topological polar surface area (TPSA) is 99.8 Å². The minimum Gasteiger partial charge on any atom is -0.376 e. The summed E-state index contributed by atoms with van der Waals surface area (Å²) in [7, 11) is 0. The van der Waals surface area contributed by atoms with Crippen molar-refractivity contribution < 1.29 is 19.1 Å². The Hall–Kier alpha value is -3.39. The van der Waals surface area contributed by atoms with E-state index in [0.717, 1.165) is 45.4 Å². The molecule has 3 amide bonds. The van der Waals surface area contributed by atoms with Crippen LogP contribution in [0, 0.1) is 0 Å². The van der Waals surface area contributed by atoms with Crippen LogP contribution in [0.1, 0.15) is 60.2 Å². The van der Waals surface area contributed by atoms with E-state index in [1.165, 1.54) is 0 Å². The zero-order valence-corrected chi connectivity index (χ0v) is 20.6. The number of carbonyl (C=O) groups is 3. The molecule has 0 radical (unpaired) electrons. The fraction of sp³-hybridized carbons (Fsp3) is 0.444. The van der Waals surface area contributed by atoms with Gasteiger partial charge in [-0.15, -0.1) is 0 Å². The van der Waals surface area contributed by atoms with Crippen molar-refractivity contribution in [2.75, 3.05) is 43.4 Å². The lowest BCUT2D eigenvalue weighted by Gasteiger charge is -2.21. The zero-order chi connectivity index (χ0) is 25.0.